The van der Waals surface area contributed by atoms with Crippen molar-refractivity contribution in [2.45, 2.75) is 39.5 Å². The molecule has 16 heavy (non-hydrogen) atoms. The predicted octanol–water partition coefficient (Wildman–Crippen LogP) is 4.19. The van der Waals surface area contributed by atoms with Gasteiger partial charge in [0.05, 0.1) is 5.70 Å². The molecule has 0 atom stereocenters. The number of aliphatic imine (C=N–C) groups is 1. The van der Waals surface area contributed by atoms with Gasteiger partial charge in [0.15, 0.2) is 0 Å². The van der Waals surface area contributed by atoms with Gasteiger partial charge < -0.3 is 0 Å². The lowest BCUT2D eigenvalue weighted by atomic mass is 9.87. The van der Waals surface area contributed by atoms with Gasteiger partial charge in [0.25, 0.3) is 0 Å². The maximum absolute atomic E-state index is 4.17. The first-order valence-corrected chi connectivity index (χ1v) is 5.93. The van der Waals surface area contributed by atoms with E-state index in [1.165, 1.54) is 22.3 Å². The minimum atomic E-state index is 0.595. The van der Waals surface area contributed by atoms with Crippen LogP contribution in [0, 0.1) is 0 Å². The molecule has 2 rings (SSSR count). The lowest BCUT2D eigenvalue weighted by Crippen LogP contribution is -2.03. The highest BCUT2D eigenvalue weighted by Crippen LogP contribution is 2.33. The number of rotatable bonds is 2. The quantitative estimate of drug-likeness (QED) is 0.653. The van der Waals surface area contributed by atoms with E-state index in [2.05, 4.69) is 50.7 Å². The van der Waals surface area contributed by atoms with Crippen molar-refractivity contribution in [3.63, 3.8) is 0 Å². The lowest BCUT2D eigenvalue weighted by Gasteiger charge is -2.20. The third-order valence-corrected chi connectivity index (χ3v) is 3.38. The molecule has 84 valence electrons. The normalized spacial score (nSPS) is 15.2. The number of benzene rings is 1. The summed E-state index contributed by atoms with van der Waals surface area (Å²) in [6.45, 7) is 10.3. The summed E-state index contributed by atoms with van der Waals surface area (Å²) in [6, 6.07) is 6.75. The fraction of sp³-hybridized carbons (Fsp3) is 0.400. The summed E-state index contributed by atoms with van der Waals surface area (Å²) < 4.78 is 0. The molecule has 0 spiro atoms. The zero-order valence-corrected chi connectivity index (χ0v) is 10.4. The monoisotopic (exact) mass is 213 g/mol. The number of allylic oxidation sites excluding steroid dienone is 1. The van der Waals surface area contributed by atoms with Crippen molar-refractivity contribution in [1.82, 2.24) is 0 Å². The highest BCUT2D eigenvalue weighted by atomic mass is 14.7. The number of fused-ring (bicyclic) bond motifs is 1. The van der Waals surface area contributed by atoms with Crippen molar-refractivity contribution >= 4 is 12.4 Å². The molecular weight excluding hydrogens is 194 g/mol. The first kappa shape index (κ1) is 11.1. The Labute approximate surface area is 97.9 Å². The molecule has 1 aromatic rings. The molecule has 0 fully saturated rings. The fourth-order valence-corrected chi connectivity index (χ4v) is 2.30. The summed E-state index contributed by atoms with van der Waals surface area (Å²) in [5.74, 6) is 0.595. The molecule has 0 saturated heterocycles. The van der Waals surface area contributed by atoms with Gasteiger partial charge in [0.2, 0.25) is 0 Å². The Morgan fingerprint density at radius 2 is 2.00 bits per heavy atom. The molecule has 1 aliphatic rings. The van der Waals surface area contributed by atoms with E-state index >= 15 is 0 Å². The van der Waals surface area contributed by atoms with Gasteiger partial charge in [-0.2, -0.15) is 0 Å². The molecule has 0 radical (unpaired) electrons. The van der Waals surface area contributed by atoms with Gasteiger partial charge in [0, 0.05) is 5.56 Å². The average molecular weight is 213 g/mol. The van der Waals surface area contributed by atoms with Crippen LogP contribution in [0.3, 0.4) is 0 Å². The third-order valence-electron chi connectivity index (χ3n) is 3.38. The minimum absolute atomic E-state index is 0.595. The molecule has 0 aromatic heterocycles. The largest absolute Gasteiger partial charge is 0.264 e. The van der Waals surface area contributed by atoms with Crippen LogP contribution in [0.15, 0.2) is 28.8 Å². The molecule has 0 N–H and O–H groups in total. The van der Waals surface area contributed by atoms with Crippen LogP contribution in [-0.2, 0) is 6.42 Å². The average Bonchev–Trinajstić information content (AvgIpc) is 2.28. The summed E-state index contributed by atoms with van der Waals surface area (Å²) in [5, 5.41) is 0. The van der Waals surface area contributed by atoms with Crippen molar-refractivity contribution in [1.29, 1.82) is 0 Å². The van der Waals surface area contributed by atoms with Gasteiger partial charge >= 0.3 is 0 Å². The van der Waals surface area contributed by atoms with Crippen LogP contribution in [-0.4, -0.2) is 6.72 Å². The Balaban J connectivity index is 2.52. The molecule has 1 nitrogen and oxygen atoms in total. The second kappa shape index (κ2) is 4.25. The molecule has 1 heteroatoms. The highest BCUT2D eigenvalue weighted by molar-refractivity contribution is 5.74. The van der Waals surface area contributed by atoms with Gasteiger partial charge in [-0.1, -0.05) is 32.0 Å². The topological polar surface area (TPSA) is 12.4 Å². The smallest absolute Gasteiger partial charge is 0.0686 e. The van der Waals surface area contributed by atoms with E-state index in [0.29, 0.717) is 5.92 Å². The third kappa shape index (κ3) is 1.82. The second-order valence-corrected chi connectivity index (χ2v) is 4.86. The molecular formula is C15H19N. The van der Waals surface area contributed by atoms with E-state index in [1.54, 1.807) is 0 Å². The minimum Gasteiger partial charge on any atom is -0.264 e. The standard InChI is InChI=1S/C15H19N/c1-10(2)12-7-8-14-13(9-12)6-5-11(3)15(14)16-4/h7-10H,4-6H2,1-3H3. The van der Waals surface area contributed by atoms with Crippen LogP contribution in [0.1, 0.15) is 49.8 Å². The Kier molecular flexibility index (Phi) is 2.95. The number of hydrogen-bond donors (Lipinski definition) is 0. The SMILES string of the molecule is C=NC1=C(C)CCc2cc(C(C)C)ccc21. The van der Waals surface area contributed by atoms with Crippen LogP contribution in [0.4, 0.5) is 0 Å². The summed E-state index contributed by atoms with van der Waals surface area (Å²) in [7, 11) is 0. The lowest BCUT2D eigenvalue weighted by molar-refractivity contribution is 0.850. The summed E-state index contributed by atoms with van der Waals surface area (Å²) in [4.78, 5) is 4.17. The second-order valence-electron chi connectivity index (χ2n) is 4.86. The van der Waals surface area contributed by atoms with E-state index < -0.39 is 0 Å². The Morgan fingerprint density at radius 1 is 1.25 bits per heavy atom. The van der Waals surface area contributed by atoms with Gasteiger partial charge in [-0.25, -0.2) is 0 Å². The van der Waals surface area contributed by atoms with E-state index in [9.17, 15) is 0 Å². The van der Waals surface area contributed by atoms with E-state index in [1.807, 2.05) is 0 Å². The van der Waals surface area contributed by atoms with E-state index in [4.69, 9.17) is 0 Å². The Hall–Kier alpha value is -1.37. The molecule has 0 saturated carbocycles. The zero-order chi connectivity index (χ0) is 11.7. The first-order valence-electron chi connectivity index (χ1n) is 5.93. The first-order chi connectivity index (χ1) is 7.63. The Morgan fingerprint density at radius 3 is 2.62 bits per heavy atom. The van der Waals surface area contributed by atoms with Crippen molar-refractivity contribution in [3.05, 3.63) is 40.5 Å². The number of hydrogen-bond acceptors (Lipinski definition) is 1. The molecule has 0 heterocycles. The van der Waals surface area contributed by atoms with Gasteiger partial charge in [-0.05, 0) is 49.1 Å². The van der Waals surface area contributed by atoms with Gasteiger partial charge in [-0.3, -0.25) is 4.99 Å². The Bertz CT molecular complexity index is 453. The molecule has 1 aromatic carbocycles. The molecule has 0 aliphatic heterocycles. The van der Waals surface area contributed by atoms with E-state index in [-0.39, 0.29) is 0 Å². The van der Waals surface area contributed by atoms with Crippen molar-refractivity contribution in [2.75, 3.05) is 0 Å². The number of aryl methyl sites for hydroxylation is 1. The van der Waals surface area contributed by atoms with Crippen LogP contribution < -0.4 is 0 Å². The summed E-state index contributed by atoms with van der Waals surface area (Å²) >= 11 is 0. The maximum atomic E-state index is 4.17. The summed E-state index contributed by atoms with van der Waals surface area (Å²) in [6.07, 6.45) is 2.25. The fourth-order valence-electron chi connectivity index (χ4n) is 2.30. The van der Waals surface area contributed by atoms with Crippen LogP contribution in [0.5, 0.6) is 0 Å². The predicted molar refractivity (Wildman–Crippen MR) is 71.0 cm³/mol. The molecule has 0 bridgehead atoms. The van der Waals surface area contributed by atoms with Crippen LogP contribution in [0.25, 0.3) is 5.70 Å². The van der Waals surface area contributed by atoms with Gasteiger partial charge in [-0.15, -0.1) is 0 Å². The summed E-state index contributed by atoms with van der Waals surface area (Å²) in [5.41, 5.74) is 6.58. The zero-order valence-electron chi connectivity index (χ0n) is 10.4. The van der Waals surface area contributed by atoms with Gasteiger partial charge in [0.1, 0.15) is 0 Å². The van der Waals surface area contributed by atoms with Crippen LogP contribution in [0.2, 0.25) is 0 Å². The highest BCUT2D eigenvalue weighted by Gasteiger charge is 2.16. The van der Waals surface area contributed by atoms with E-state index in [0.717, 1.165) is 18.5 Å². The van der Waals surface area contributed by atoms with Crippen molar-refractivity contribution in [2.24, 2.45) is 4.99 Å². The molecule has 0 amide bonds. The maximum Gasteiger partial charge on any atom is 0.0686 e. The number of nitrogens with zero attached hydrogens (tertiary/aromatic N) is 1. The van der Waals surface area contributed by atoms with Crippen molar-refractivity contribution in [3.8, 4) is 0 Å². The van der Waals surface area contributed by atoms with Crippen molar-refractivity contribution < 1.29 is 0 Å². The molecule has 0 unspecified atom stereocenters. The molecule has 1 aliphatic carbocycles. The van der Waals surface area contributed by atoms with Crippen LogP contribution >= 0.6 is 0 Å².